The van der Waals surface area contributed by atoms with Crippen LogP contribution in [0.25, 0.3) is 0 Å². The Bertz CT molecular complexity index is 610. The van der Waals surface area contributed by atoms with Gasteiger partial charge < -0.3 is 14.7 Å². The number of carboxylic acid groups (broad SMARTS) is 1. The lowest BCUT2D eigenvalue weighted by molar-refractivity contribution is -0.143. The van der Waals surface area contributed by atoms with Crippen LogP contribution in [-0.2, 0) is 9.59 Å². The van der Waals surface area contributed by atoms with E-state index in [1.54, 1.807) is 43.2 Å². The van der Waals surface area contributed by atoms with Gasteiger partial charge in [-0.15, -0.1) is 0 Å². The molecular formula is C18H23NO5. The Hall–Kier alpha value is -2.37. The van der Waals surface area contributed by atoms with E-state index in [1.807, 2.05) is 0 Å². The largest absolute Gasteiger partial charge is 0.497 e. The number of hydrogen-bond donors (Lipinski definition) is 1. The summed E-state index contributed by atoms with van der Waals surface area (Å²) in [7, 11) is 1.57. The van der Waals surface area contributed by atoms with Gasteiger partial charge in [-0.05, 0) is 44.0 Å². The molecule has 1 aliphatic rings. The highest BCUT2D eigenvalue weighted by molar-refractivity contribution is 5.96. The molecule has 1 N–H and O–H groups in total. The van der Waals surface area contributed by atoms with Crippen LogP contribution in [-0.4, -0.2) is 47.4 Å². The molecule has 6 heteroatoms. The zero-order valence-electron chi connectivity index (χ0n) is 14.0. The summed E-state index contributed by atoms with van der Waals surface area (Å²) in [5.74, 6) is -0.739. The van der Waals surface area contributed by atoms with Crippen molar-refractivity contribution in [2.45, 2.75) is 38.6 Å². The van der Waals surface area contributed by atoms with E-state index in [-0.39, 0.29) is 24.2 Å². The van der Waals surface area contributed by atoms with Gasteiger partial charge in [-0.25, -0.2) is 0 Å². The lowest BCUT2D eigenvalue weighted by Gasteiger charge is -2.23. The first kappa shape index (κ1) is 18.0. The third kappa shape index (κ3) is 4.13. The fourth-order valence-corrected chi connectivity index (χ4v) is 3.09. The average Bonchev–Trinajstić information content (AvgIpc) is 2.96. The normalized spacial score (nSPS) is 20.0. The number of benzene rings is 1. The van der Waals surface area contributed by atoms with Crippen molar-refractivity contribution in [3.63, 3.8) is 0 Å². The summed E-state index contributed by atoms with van der Waals surface area (Å²) in [6, 6.07) is 6.60. The van der Waals surface area contributed by atoms with Gasteiger partial charge in [-0.3, -0.25) is 14.4 Å². The zero-order valence-corrected chi connectivity index (χ0v) is 14.0. The minimum Gasteiger partial charge on any atom is -0.497 e. The fraction of sp³-hybridized carbons (Fsp3) is 0.500. The van der Waals surface area contributed by atoms with Gasteiger partial charge in [0.1, 0.15) is 5.75 Å². The van der Waals surface area contributed by atoms with Crippen molar-refractivity contribution >= 4 is 17.7 Å². The van der Waals surface area contributed by atoms with Crippen molar-refractivity contribution in [3.05, 3.63) is 29.8 Å². The Balaban J connectivity index is 1.80. The van der Waals surface area contributed by atoms with E-state index in [0.29, 0.717) is 37.1 Å². The van der Waals surface area contributed by atoms with E-state index < -0.39 is 11.9 Å². The minimum absolute atomic E-state index is 0.0108. The quantitative estimate of drug-likeness (QED) is 0.775. The highest BCUT2D eigenvalue weighted by atomic mass is 16.5. The molecule has 2 unspecified atom stereocenters. The standard InChI is InChI=1S/C18H23NO5/c1-12-15(18(22)23)10-11-19(12)17(21)5-3-4-16(20)13-6-8-14(24-2)9-7-13/h6-9,12,15H,3-5,10-11H2,1-2H3,(H,22,23). The summed E-state index contributed by atoms with van der Waals surface area (Å²) >= 11 is 0. The fourth-order valence-electron chi connectivity index (χ4n) is 3.09. The highest BCUT2D eigenvalue weighted by Gasteiger charge is 2.37. The van der Waals surface area contributed by atoms with Crippen LogP contribution in [0, 0.1) is 5.92 Å². The molecule has 6 nitrogen and oxygen atoms in total. The van der Waals surface area contributed by atoms with E-state index in [9.17, 15) is 14.4 Å². The van der Waals surface area contributed by atoms with Gasteiger partial charge in [0.15, 0.2) is 5.78 Å². The molecule has 1 fully saturated rings. The molecule has 0 saturated carbocycles. The predicted molar refractivity (Wildman–Crippen MR) is 88.1 cm³/mol. The number of amides is 1. The van der Waals surface area contributed by atoms with Crippen LogP contribution in [0.3, 0.4) is 0 Å². The Labute approximate surface area is 141 Å². The van der Waals surface area contributed by atoms with Gasteiger partial charge in [0.2, 0.25) is 5.91 Å². The second kappa shape index (κ2) is 7.95. The molecule has 130 valence electrons. The minimum atomic E-state index is -0.854. The molecule has 1 saturated heterocycles. The van der Waals surface area contributed by atoms with Crippen LogP contribution in [0.1, 0.15) is 43.0 Å². The topological polar surface area (TPSA) is 83.9 Å². The molecule has 1 heterocycles. The molecule has 24 heavy (non-hydrogen) atoms. The number of hydrogen-bond acceptors (Lipinski definition) is 4. The lowest BCUT2D eigenvalue weighted by atomic mass is 10.0. The average molecular weight is 333 g/mol. The first-order chi connectivity index (χ1) is 11.4. The van der Waals surface area contributed by atoms with E-state index in [2.05, 4.69) is 0 Å². The number of carboxylic acids is 1. The second-order valence-electron chi connectivity index (χ2n) is 6.07. The number of methoxy groups -OCH3 is 1. The maximum absolute atomic E-state index is 12.2. The van der Waals surface area contributed by atoms with Gasteiger partial charge in [0.25, 0.3) is 0 Å². The van der Waals surface area contributed by atoms with E-state index in [1.165, 1.54) is 0 Å². The van der Waals surface area contributed by atoms with Crippen LogP contribution in [0.4, 0.5) is 0 Å². The molecule has 0 aliphatic carbocycles. The first-order valence-corrected chi connectivity index (χ1v) is 8.13. The van der Waals surface area contributed by atoms with Crippen LogP contribution in [0.15, 0.2) is 24.3 Å². The molecule has 1 aromatic rings. The van der Waals surface area contributed by atoms with Crippen LogP contribution < -0.4 is 4.74 Å². The summed E-state index contributed by atoms with van der Waals surface area (Å²) in [5.41, 5.74) is 0.601. The number of likely N-dealkylation sites (tertiary alicyclic amines) is 1. The van der Waals surface area contributed by atoms with Crippen LogP contribution in [0.5, 0.6) is 5.75 Å². The number of carbonyl (C=O) groups excluding carboxylic acids is 2. The Morgan fingerprint density at radius 3 is 2.42 bits per heavy atom. The Kier molecular flexibility index (Phi) is 5.95. The lowest BCUT2D eigenvalue weighted by Crippen LogP contribution is -2.37. The predicted octanol–water partition coefficient (Wildman–Crippen LogP) is 2.37. The third-order valence-electron chi connectivity index (χ3n) is 4.60. The molecule has 2 rings (SSSR count). The number of nitrogens with zero attached hydrogens (tertiary/aromatic N) is 1. The summed E-state index contributed by atoms with van der Waals surface area (Å²) in [6.45, 7) is 2.25. The number of rotatable bonds is 7. The van der Waals surface area contributed by atoms with Crippen molar-refractivity contribution < 1.29 is 24.2 Å². The van der Waals surface area contributed by atoms with E-state index in [4.69, 9.17) is 9.84 Å². The van der Waals surface area contributed by atoms with Crippen molar-refractivity contribution in [1.29, 1.82) is 0 Å². The second-order valence-corrected chi connectivity index (χ2v) is 6.07. The van der Waals surface area contributed by atoms with Crippen molar-refractivity contribution in [2.24, 2.45) is 5.92 Å². The summed E-state index contributed by atoms with van der Waals surface area (Å²) in [5, 5.41) is 9.10. The molecular weight excluding hydrogens is 310 g/mol. The molecule has 2 atom stereocenters. The van der Waals surface area contributed by atoms with E-state index >= 15 is 0 Å². The summed E-state index contributed by atoms with van der Waals surface area (Å²) in [4.78, 5) is 37.1. The number of ether oxygens (including phenoxy) is 1. The Morgan fingerprint density at radius 1 is 1.21 bits per heavy atom. The van der Waals surface area contributed by atoms with Gasteiger partial charge in [0.05, 0.1) is 13.0 Å². The van der Waals surface area contributed by atoms with E-state index in [0.717, 1.165) is 0 Å². The molecule has 0 bridgehead atoms. The number of aliphatic carboxylic acids is 1. The molecule has 0 aromatic heterocycles. The van der Waals surface area contributed by atoms with Gasteiger partial charge in [0, 0.05) is 31.0 Å². The molecule has 1 aliphatic heterocycles. The zero-order chi connectivity index (χ0) is 17.7. The molecule has 1 amide bonds. The maximum atomic E-state index is 12.2. The van der Waals surface area contributed by atoms with Crippen molar-refractivity contribution in [2.75, 3.05) is 13.7 Å². The van der Waals surface area contributed by atoms with Crippen molar-refractivity contribution in [1.82, 2.24) is 4.90 Å². The molecule has 0 radical (unpaired) electrons. The molecule has 0 spiro atoms. The first-order valence-electron chi connectivity index (χ1n) is 8.13. The van der Waals surface area contributed by atoms with Gasteiger partial charge in [-0.2, -0.15) is 0 Å². The number of carbonyl (C=O) groups is 3. The van der Waals surface area contributed by atoms with Crippen LogP contribution in [0.2, 0.25) is 0 Å². The van der Waals surface area contributed by atoms with Crippen molar-refractivity contribution in [3.8, 4) is 5.75 Å². The smallest absolute Gasteiger partial charge is 0.308 e. The summed E-state index contributed by atoms with van der Waals surface area (Å²) in [6.07, 6.45) is 1.51. The van der Waals surface area contributed by atoms with Gasteiger partial charge >= 0.3 is 5.97 Å². The SMILES string of the molecule is COc1ccc(C(=O)CCCC(=O)N2CCC(C(=O)O)C2C)cc1. The molecule has 1 aromatic carbocycles. The maximum Gasteiger partial charge on any atom is 0.308 e. The van der Waals surface area contributed by atoms with Gasteiger partial charge in [-0.1, -0.05) is 0 Å². The number of Topliss-reactive ketones (excluding diaryl/α,β-unsaturated/α-hetero) is 1. The highest BCUT2D eigenvalue weighted by Crippen LogP contribution is 2.25. The summed E-state index contributed by atoms with van der Waals surface area (Å²) < 4.78 is 5.05. The monoisotopic (exact) mass is 333 g/mol. The Morgan fingerprint density at radius 2 is 1.88 bits per heavy atom. The van der Waals surface area contributed by atoms with Crippen LogP contribution >= 0.6 is 0 Å². The number of ketones is 1. The third-order valence-corrected chi connectivity index (χ3v) is 4.60.